The Balaban J connectivity index is 1.95. The molecular weight excluding hydrogens is 777 g/mol. The van der Waals surface area contributed by atoms with Gasteiger partial charge in [-0.2, -0.15) is 25.3 Å². The molecule has 0 aromatic heterocycles. The molecule has 2 aliphatic rings. The Morgan fingerprint density at radius 3 is 1.09 bits per heavy atom. The lowest BCUT2D eigenvalue weighted by Crippen LogP contribution is -2.08. The lowest BCUT2D eigenvalue weighted by molar-refractivity contribution is 0.0377. The van der Waals surface area contributed by atoms with Crippen LogP contribution in [0.25, 0.3) is 0 Å². The van der Waals surface area contributed by atoms with Crippen molar-refractivity contribution in [2.45, 2.75) is 51.4 Å². The van der Waals surface area contributed by atoms with Crippen LogP contribution in [0.1, 0.15) is 51.4 Å². The Morgan fingerprint density at radius 1 is 0.413 bits per heavy atom. The zero-order valence-corrected chi connectivity index (χ0v) is 35.0. The summed E-state index contributed by atoms with van der Waals surface area (Å²) >= 11 is 24.4. The summed E-state index contributed by atoms with van der Waals surface area (Å²) in [5.41, 5.74) is 0. The number of thioether (sulfide) groups is 8. The summed E-state index contributed by atoms with van der Waals surface area (Å²) in [6.45, 7) is 4.23. The third kappa shape index (κ3) is 21.8. The smallest absolute Gasteiger partial charge is 0.0717 e. The van der Waals surface area contributed by atoms with Crippen molar-refractivity contribution in [1.29, 1.82) is 0 Å². The SMILES string of the molecule is OCCOCCOCCSC1=C(SCCOCCOCCO)SC(=C2SC(SCCCCCCS)=C(SCCCCCCS)S2)S1. The molecule has 0 unspecified atom stereocenters. The fourth-order valence-corrected chi connectivity index (χ4v) is 16.1. The Labute approximate surface area is 323 Å². The van der Waals surface area contributed by atoms with Crippen molar-refractivity contribution >= 4 is 119 Å². The van der Waals surface area contributed by atoms with Gasteiger partial charge in [0, 0.05) is 11.5 Å². The minimum Gasteiger partial charge on any atom is -0.394 e. The van der Waals surface area contributed by atoms with Crippen LogP contribution in [0.15, 0.2) is 25.4 Å². The molecule has 0 amide bonds. The van der Waals surface area contributed by atoms with Gasteiger partial charge < -0.3 is 29.2 Å². The highest BCUT2D eigenvalue weighted by Gasteiger charge is 2.30. The standard InChI is InChI=1S/C30H52O6S10/c31-9-11-33-13-15-35-17-23-41-27-28(42-24-18-36-16-14-34-12-10-32)46-30(45-27)29-43-25(39-21-7-3-1-5-19-37)26(44-29)40-22-8-4-2-6-20-38/h31-32,37-38H,1-24H2. The van der Waals surface area contributed by atoms with Gasteiger partial charge in [-0.1, -0.05) is 72.7 Å². The maximum atomic E-state index is 8.85. The van der Waals surface area contributed by atoms with Crippen molar-refractivity contribution in [3.63, 3.8) is 0 Å². The van der Waals surface area contributed by atoms with E-state index < -0.39 is 0 Å². The lowest BCUT2D eigenvalue weighted by Gasteiger charge is -2.07. The zero-order valence-electron chi connectivity index (χ0n) is 26.7. The van der Waals surface area contributed by atoms with E-state index in [0.717, 1.165) is 23.0 Å². The van der Waals surface area contributed by atoms with E-state index in [2.05, 4.69) is 48.8 Å². The highest BCUT2D eigenvalue weighted by molar-refractivity contribution is 8.45. The number of rotatable bonds is 32. The normalized spacial score (nSPS) is 15.4. The first-order valence-electron chi connectivity index (χ1n) is 15.9. The number of unbranched alkanes of at least 4 members (excludes halogenated alkanes) is 6. The second-order valence-corrected chi connectivity index (χ2v) is 20.6. The number of aliphatic hydroxyl groups is 2. The van der Waals surface area contributed by atoms with Gasteiger partial charge in [0.15, 0.2) is 0 Å². The van der Waals surface area contributed by atoms with Crippen LogP contribution in [0.2, 0.25) is 0 Å². The molecular formula is C30H52O6S10. The minimum atomic E-state index is 0.0413. The topological polar surface area (TPSA) is 77.4 Å². The monoisotopic (exact) mass is 828 g/mol. The molecule has 46 heavy (non-hydrogen) atoms. The van der Waals surface area contributed by atoms with Crippen molar-refractivity contribution in [3.05, 3.63) is 25.4 Å². The maximum Gasteiger partial charge on any atom is 0.0717 e. The summed E-state index contributed by atoms with van der Waals surface area (Å²) < 4.78 is 30.6. The van der Waals surface area contributed by atoms with Crippen LogP contribution in [0.4, 0.5) is 0 Å². The highest BCUT2D eigenvalue weighted by atomic mass is 32.3. The van der Waals surface area contributed by atoms with Gasteiger partial charge in [0.2, 0.25) is 0 Å². The van der Waals surface area contributed by atoms with Gasteiger partial charge in [-0.3, -0.25) is 0 Å². The van der Waals surface area contributed by atoms with E-state index in [1.165, 1.54) is 88.3 Å². The van der Waals surface area contributed by atoms with E-state index in [1.807, 2.05) is 70.6 Å². The molecule has 2 N–H and O–H groups in total. The van der Waals surface area contributed by atoms with Gasteiger partial charge in [-0.05, 0) is 48.7 Å². The summed E-state index contributed by atoms with van der Waals surface area (Å²) in [5.74, 6) is 6.11. The van der Waals surface area contributed by atoms with Crippen LogP contribution < -0.4 is 0 Å². The zero-order chi connectivity index (χ0) is 32.9. The Kier molecular flexibility index (Phi) is 31.2. The molecule has 0 spiro atoms. The summed E-state index contributed by atoms with van der Waals surface area (Å²) in [6, 6.07) is 0. The maximum absolute atomic E-state index is 8.85. The van der Waals surface area contributed by atoms with Crippen molar-refractivity contribution in [2.24, 2.45) is 0 Å². The molecule has 0 radical (unpaired) electrons. The predicted octanol–water partition coefficient (Wildman–Crippen LogP) is 9.29. The molecule has 0 aliphatic carbocycles. The van der Waals surface area contributed by atoms with E-state index in [4.69, 9.17) is 29.2 Å². The summed E-state index contributed by atoms with van der Waals surface area (Å²) in [6.07, 6.45) is 10.1. The summed E-state index contributed by atoms with van der Waals surface area (Å²) in [4.78, 5) is 0. The van der Waals surface area contributed by atoms with Crippen molar-refractivity contribution in [3.8, 4) is 0 Å². The average Bonchev–Trinajstić information content (AvgIpc) is 3.67. The molecule has 0 bridgehead atoms. The van der Waals surface area contributed by atoms with E-state index in [1.54, 1.807) is 0 Å². The number of hydrogen-bond acceptors (Lipinski definition) is 16. The molecule has 268 valence electrons. The van der Waals surface area contributed by atoms with Gasteiger partial charge in [0.1, 0.15) is 0 Å². The quantitative estimate of drug-likeness (QED) is 0.0385. The molecule has 0 fully saturated rings. The minimum absolute atomic E-state index is 0.0413. The summed E-state index contributed by atoms with van der Waals surface area (Å²) in [7, 11) is 0. The molecule has 6 nitrogen and oxygen atoms in total. The van der Waals surface area contributed by atoms with Crippen molar-refractivity contribution in [2.75, 3.05) is 101 Å². The number of thiol groups is 2. The lowest BCUT2D eigenvalue weighted by atomic mass is 10.2. The van der Waals surface area contributed by atoms with E-state index >= 15 is 0 Å². The molecule has 0 atom stereocenters. The number of hydrogen-bond donors (Lipinski definition) is 4. The fraction of sp³-hybridized carbons (Fsp3) is 0.800. The van der Waals surface area contributed by atoms with Crippen LogP contribution in [0.3, 0.4) is 0 Å². The fourth-order valence-electron chi connectivity index (χ4n) is 3.69. The number of aliphatic hydroxyl groups excluding tert-OH is 2. The molecule has 2 heterocycles. The molecule has 0 aromatic carbocycles. The van der Waals surface area contributed by atoms with Gasteiger partial charge in [-0.15, -0.1) is 47.0 Å². The second kappa shape index (κ2) is 32.2. The van der Waals surface area contributed by atoms with Crippen LogP contribution in [0, 0.1) is 0 Å². The molecule has 0 aromatic rings. The first-order valence-corrected chi connectivity index (χ1v) is 24.4. The van der Waals surface area contributed by atoms with E-state index in [9.17, 15) is 0 Å². The van der Waals surface area contributed by atoms with Gasteiger partial charge >= 0.3 is 0 Å². The van der Waals surface area contributed by atoms with E-state index in [0.29, 0.717) is 52.9 Å². The third-order valence-electron chi connectivity index (χ3n) is 5.95. The molecule has 2 rings (SSSR count). The first kappa shape index (κ1) is 44.6. The van der Waals surface area contributed by atoms with Crippen molar-refractivity contribution < 1.29 is 29.2 Å². The van der Waals surface area contributed by atoms with E-state index in [-0.39, 0.29) is 13.2 Å². The number of ether oxygens (including phenoxy) is 4. The van der Waals surface area contributed by atoms with Gasteiger partial charge in [-0.25, -0.2) is 0 Å². The highest BCUT2D eigenvalue weighted by Crippen LogP contribution is 2.66. The van der Waals surface area contributed by atoms with Crippen LogP contribution in [-0.2, 0) is 18.9 Å². The van der Waals surface area contributed by atoms with Crippen molar-refractivity contribution in [1.82, 2.24) is 0 Å². The van der Waals surface area contributed by atoms with Crippen LogP contribution in [0.5, 0.6) is 0 Å². The predicted molar refractivity (Wildman–Crippen MR) is 223 cm³/mol. The van der Waals surface area contributed by atoms with Crippen LogP contribution >= 0.6 is 119 Å². The second-order valence-electron chi connectivity index (χ2n) is 9.70. The average molecular weight is 829 g/mol. The summed E-state index contributed by atoms with van der Waals surface area (Å²) in [5, 5.41) is 17.7. The van der Waals surface area contributed by atoms with Crippen LogP contribution in [-0.4, -0.2) is 111 Å². The third-order valence-corrected chi connectivity index (χ3v) is 18.3. The largest absolute Gasteiger partial charge is 0.394 e. The Hall–Kier alpha value is 2.48. The Morgan fingerprint density at radius 2 is 0.739 bits per heavy atom. The molecule has 2 aliphatic heterocycles. The molecule has 0 saturated heterocycles. The Bertz CT molecular complexity index is 813. The van der Waals surface area contributed by atoms with Gasteiger partial charge in [0.05, 0.1) is 91.5 Å². The molecule has 16 heteroatoms. The first-order chi connectivity index (χ1) is 22.7. The molecule has 0 saturated carbocycles. The van der Waals surface area contributed by atoms with Gasteiger partial charge in [0.25, 0.3) is 0 Å².